The second kappa shape index (κ2) is 7.96. The van der Waals surface area contributed by atoms with Crippen molar-refractivity contribution in [1.29, 1.82) is 0 Å². The first-order valence-corrected chi connectivity index (χ1v) is 12.4. The molecule has 2 aromatic carbocycles. The quantitative estimate of drug-likeness (QED) is 0.524. The minimum Gasteiger partial charge on any atom is -0.381 e. The number of nitrogens with one attached hydrogen (secondary N) is 2. The summed E-state index contributed by atoms with van der Waals surface area (Å²) in [7, 11) is -4.50. The van der Waals surface area contributed by atoms with Crippen LogP contribution in [-0.2, 0) is 16.6 Å². The number of halogens is 3. The zero-order chi connectivity index (χ0) is 22.5. The third-order valence-electron chi connectivity index (χ3n) is 5.82. The van der Waals surface area contributed by atoms with Gasteiger partial charge >= 0.3 is 0 Å². The van der Waals surface area contributed by atoms with Crippen LogP contribution in [0.1, 0.15) is 12.0 Å². The molecule has 168 valence electrons. The van der Waals surface area contributed by atoms with E-state index >= 15 is 0 Å². The molecule has 2 aliphatic rings. The van der Waals surface area contributed by atoms with Crippen molar-refractivity contribution in [3.63, 3.8) is 0 Å². The third kappa shape index (κ3) is 4.02. The van der Waals surface area contributed by atoms with Gasteiger partial charge in [-0.2, -0.15) is 0 Å². The summed E-state index contributed by atoms with van der Waals surface area (Å²) in [4.78, 5) is 4.80. The highest BCUT2D eigenvalue weighted by Crippen LogP contribution is 2.47. The number of fused-ring (bicyclic) bond motifs is 1. The van der Waals surface area contributed by atoms with E-state index in [1.54, 1.807) is 6.07 Å². The molecule has 1 saturated heterocycles. The second-order valence-electron chi connectivity index (χ2n) is 8.00. The first-order chi connectivity index (χ1) is 15.3. The normalized spacial score (nSPS) is 19.7. The van der Waals surface area contributed by atoms with Gasteiger partial charge in [0, 0.05) is 42.0 Å². The topological polar surface area (TPSA) is 74.3 Å². The molecule has 2 atom stereocenters. The molecular weight excluding hydrogens is 461 g/mol. The molecule has 2 N–H and O–H groups in total. The van der Waals surface area contributed by atoms with E-state index in [2.05, 4.69) is 15.2 Å². The summed E-state index contributed by atoms with van der Waals surface area (Å²) >= 11 is 1.13. The molecular formula is C21H19F3N4O2S2. The SMILES string of the molecule is O=S(=O)(Nc1cscn1)c1c(F)cc(NCc2c(F)cccc2N2CC3CC3C2)cc1F. The van der Waals surface area contributed by atoms with E-state index in [9.17, 15) is 21.6 Å². The Morgan fingerprint density at radius 2 is 1.81 bits per heavy atom. The summed E-state index contributed by atoms with van der Waals surface area (Å²) < 4.78 is 70.6. The molecule has 5 rings (SSSR count). The molecule has 2 unspecified atom stereocenters. The maximum atomic E-state index is 14.6. The maximum Gasteiger partial charge on any atom is 0.268 e. The number of anilines is 3. The molecule has 1 saturated carbocycles. The van der Waals surface area contributed by atoms with Crippen molar-refractivity contribution >= 4 is 38.6 Å². The summed E-state index contributed by atoms with van der Waals surface area (Å²) in [6, 6.07) is 6.59. The number of hydrogen-bond acceptors (Lipinski definition) is 6. The van der Waals surface area contributed by atoms with E-state index in [1.807, 2.05) is 10.8 Å². The van der Waals surface area contributed by atoms with Crippen LogP contribution in [0.15, 0.2) is 46.1 Å². The largest absolute Gasteiger partial charge is 0.381 e. The summed E-state index contributed by atoms with van der Waals surface area (Å²) in [5.74, 6) is -1.64. The number of hydrogen-bond donors (Lipinski definition) is 2. The van der Waals surface area contributed by atoms with Crippen LogP contribution < -0.4 is 14.9 Å². The van der Waals surface area contributed by atoms with Crippen LogP contribution in [-0.4, -0.2) is 26.5 Å². The van der Waals surface area contributed by atoms with E-state index in [0.717, 1.165) is 42.2 Å². The lowest BCUT2D eigenvalue weighted by Crippen LogP contribution is -2.24. The zero-order valence-corrected chi connectivity index (χ0v) is 18.3. The van der Waals surface area contributed by atoms with Crippen molar-refractivity contribution < 1.29 is 21.6 Å². The van der Waals surface area contributed by atoms with Crippen LogP contribution in [0.3, 0.4) is 0 Å². The van der Waals surface area contributed by atoms with Crippen LogP contribution in [0.4, 0.5) is 30.4 Å². The van der Waals surface area contributed by atoms with Crippen LogP contribution >= 0.6 is 11.3 Å². The average Bonchev–Trinajstić information content (AvgIpc) is 3.10. The van der Waals surface area contributed by atoms with Crippen molar-refractivity contribution in [3.05, 3.63) is 64.2 Å². The first-order valence-electron chi connectivity index (χ1n) is 9.98. The Morgan fingerprint density at radius 1 is 1.09 bits per heavy atom. The summed E-state index contributed by atoms with van der Waals surface area (Å²) in [6.45, 7) is 1.75. The third-order valence-corrected chi connectivity index (χ3v) is 7.81. The monoisotopic (exact) mass is 480 g/mol. The molecule has 1 aromatic heterocycles. The fourth-order valence-electron chi connectivity index (χ4n) is 4.17. The minimum absolute atomic E-state index is 0.00408. The predicted molar refractivity (Wildman–Crippen MR) is 117 cm³/mol. The number of thiazole rings is 1. The van der Waals surface area contributed by atoms with Crippen molar-refractivity contribution in [2.75, 3.05) is 28.0 Å². The number of sulfonamides is 1. The lowest BCUT2D eigenvalue weighted by atomic mass is 10.1. The van der Waals surface area contributed by atoms with Crippen molar-refractivity contribution in [3.8, 4) is 0 Å². The van der Waals surface area contributed by atoms with Gasteiger partial charge in [0.1, 0.15) is 17.5 Å². The standard InChI is InChI=1S/C21H19F3N4O2S2/c22-16-2-1-3-19(28-8-12-4-13(12)9-28)15(16)7-25-14-5-17(23)21(18(24)6-14)32(29,30)27-20-10-31-11-26-20/h1-3,5-6,10-13,25,27H,4,7-9H2. The van der Waals surface area contributed by atoms with Gasteiger partial charge in [0.05, 0.1) is 5.51 Å². The smallest absolute Gasteiger partial charge is 0.268 e. The highest BCUT2D eigenvalue weighted by molar-refractivity contribution is 7.92. The van der Waals surface area contributed by atoms with Gasteiger partial charge in [-0.1, -0.05) is 6.07 Å². The zero-order valence-electron chi connectivity index (χ0n) is 16.7. The summed E-state index contributed by atoms with van der Waals surface area (Å²) in [5, 5.41) is 4.22. The lowest BCUT2D eigenvalue weighted by Gasteiger charge is -2.24. The van der Waals surface area contributed by atoms with Gasteiger partial charge in [0.15, 0.2) is 10.7 Å². The molecule has 0 bridgehead atoms. The fraction of sp³-hybridized carbons (Fsp3) is 0.286. The van der Waals surface area contributed by atoms with Gasteiger partial charge in [0.2, 0.25) is 0 Å². The van der Waals surface area contributed by atoms with E-state index in [-0.39, 0.29) is 18.1 Å². The molecule has 0 amide bonds. The average molecular weight is 481 g/mol. The minimum atomic E-state index is -4.50. The molecule has 1 aliphatic carbocycles. The van der Waals surface area contributed by atoms with E-state index < -0.39 is 32.4 Å². The Hall–Kier alpha value is -2.79. The highest BCUT2D eigenvalue weighted by atomic mass is 32.2. The lowest BCUT2D eigenvalue weighted by molar-refractivity contribution is 0.521. The second-order valence-corrected chi connectivity index (χ2v) is 10.3. The number of rotatable bonds is 7. The molecule has 32 heavy (non-hydrogen) atoms. The van der Waals surface area contributed by atoms with E-state index in [0.29, 0.717) is 17.4 Å². The van der Waals surface area contributed by atoms with E-state index in [4.69, 9.17) is 0 Å². The molecule has 2 heterocycles. The van der Waals surface area contributed by atoms with Crippen molar-refractivity contribution in [2.45, 2.75) is 17.9 Å². The van der Waals surface area contributed by atoms with Crippen molar-refractivity contribution in [2.24, 2.45) is 11.8 Å². The van der Waals surface area contributed by atoms with Gasteiger partial charge in [-0.25, -0.2) is 26.6 Å². The van der Waals surface area contributed by atoms with Gasteiger partial charge < -0.3 is 10.2 Å². The first kappa shape index (κ1) is 21.1. The fourth-order valence-corrected chi connectivity index (χ4v) is 5.85. The summed E-state index contributed by atoms with van der Waals surface area (Å²) in [6.07, 6.45) is 1.21. The predicted octanol–water partition coefficient (Wildman–Crippen LogP) is 4.43. The van der Waals surface area contributed by atoms with Crippen LogP contribution in [0, 0.1) is 29.3 Å². The van der Waals surface area contributed by atoms with Crippen molar-refractivity contribution in [1.82, 2.24) is 4.98 Å². The van der Waals surface area contributed by atoms with Gasteiger partial charge in [0.25, 0.3) is 10.0 Å². The highest BCUT2D eigenvalue weighted by Gasteiger charge is 2.45. The maximum absolute atomic E-state index is 14.6. The Balaban J connectivity index is 1.36. The Bertz CT molecular complexity index is 1240. The number of benzene rings is 2. The molecule has 3 aromatic rings. The molecule has 2 fully saturated rings. The van der Waals surface area contributed by atoms with Gasteiger partial charge in [-0.3, -0.25) is 4.72 Å². The number of piperidine rings is 1. The Morgan fingerprint density at radius 3 is 2.47 bits per heavy atom. The van der Waals surface area contributed by atoms with Crippen LogP contribution in [0.5, 0.6) is 0 Å². The molecule has 0 spiro atoms. The number of nitrogens with zero attached hydrogens (tertiary/aromatic N) is 2. The van der Waals surface area contributed by atoms with E-state index in [1.165, 1.54) is 23.4 Å². The number of aromatic nitrogens is 1. The Kier molecular flexibility index (Phi) is 5.25. The van der Waals surface area contributed by atoms with Crippen LogP contribution in [0.2, 0.25) is 0 Å². The van der Waals surface area contributed by atoms with Gasteiger partial charge in [-0.05, 0) is 42.5 Å². The molecule has 11 heteroatoms. The molecule has 0 radical (unpaired) electrons. The Labute approximate surface area is 187 Å². The molecule has 6 nitrogen and oxygen atoms in total. The van der Waals surface area contributed by atoms with Gasteiger partial charge in [-0.15, -0.1) is 11.3 Å². The molecule has 1 aliphatic heterocycles. The summed E-state index contributed by atoms with van der Waals surface area (Å²) in [5.41, 5.74) is 2.56. The van der Waals surface area contributed by atoms with Crippen LogP contribution in [0.25, 0.3) is 0 Å².